The number of rotatable bonds is 6. The number of hydrogen-bond donors (Lipinski definition) is 0. The Morgan fingerprint density at radius 3 is 1.06 bits per heavy atom. The predicted octanol–water partition coefficient (Wildman–Crippen LogP) is 0.352. The molecule has 0 atom stereocenters. The molecule has 6 heterocycles. The fourth-order valence-electron chi connectivity index (χ4n) is 12.6. The molecule has 6 aliphatic heterocycles. The molecule has 0 saturated heterocycles. The second-order valence-corrected chi connectivity index (χ2v) is 32.8. The van der Waals surface area contributed by atoms with E-state index < -0.39 is 24.2 Å². The fraction of sp³-hybridized carbons (Fsp3) is 0.333. The standard InChI is InChI=1S/3C18H20O2Si.4ClH.3Zr/c1-11-5-13-7-19-9-15(13)17(11)21(3,4)18-12(2)6-14-8-20-10-16(14)18;1-11-9-15-13(5-7-19-15)17(11)21(3,4)18-12(2)10-16-14(18)6-8-20-16;1-11-9-13-5-7-19-15(13)17(11)21(3,4)18-12(2)10-14-6-8-20-16(14)18;;;;;;;/h3*5-6,9-10H,7-8H2,1-4H3;4*1H;;;/q;;;;;;;3*+4/p-4. The van der Waals surface area contributed by atoms with Crippen LogP contribution in [-0.2, 0) is 107 Å². The molecule has 6 nitrogen and oxygen atoms in total. The first kappa shape index (κ1) is 62.9. The van der Waals surface area contributed by atoms with Crippen molar-refractivity contribution in [2.24, 2.45) is 0 Å². The van der Waals surface area contributed by atoms with Crippen molar-refractivity contribution in [2.75, 3.05) is 39.6 Å². The van der Waals surface area contributed by atoms with Crippen LogP contribution in [0.15, 0.2) is 206 Å². The van der Waals surface area contributed by atoms with Gasteiger partial charge in [0.05, 0.1) is 12.5 Å². The Balaban J connectivity index is 0.000000264. The van der Waals surface area contributed by atoms with Gasteiger partial charge in [-0.2, -0.15) is 0 Å². The maximum Gasteiger partial charge on any atom is 4.00 e. The first-order valence-electron chi connectivity index (χ1n) is 22.6. The van der Waals surface area contributed by atoms with Crippen LogP contribution in [0, 0.1) is 0 Å². The quantitative estimate of drug-likeness (QED) is 0.359. The van der Waals surface area contributed by atoms with Crippen LogP contribution in [0.5, 0.6) is 0 Å². The van der Waals surface area contributed by atoms with E-state index in [1.807, 2.05) is 12.5 Å². The zero-order valence-corrected chi connectivity index (χ0v) is 55.5. The molecule has 0 aromatic heterocycles. The van der Waals surface area contributed by atoms with Crippen molar-refractivity contribution in [3.8, 4) is 0 Å². The zero-order valence-electron chi connectivity index (χ0n) is 42.1. The van der Waals surface area contributed by atoms with Gasteiger partial charge in [-0.05, 0) is 155 Å². The van der Waals surface area contributed by atoms with Gasteiger partial charge in [-0.25, -0.2) is 0 Å². The first-order valence-corrected chi connectivity index (χ1v) is 31.6. The minimum atomic E-state index is -1.84. The van der Waals surface area contributed by atoms with Crippen molar-refractivity contribution in [3.63, 3.8) is 0 Å². The van der Waals surface area contributed by atoms with Gasteiger partial charge in [0.15, 0.2) is 0 Å². The number of hydrogen-bond acceptors (Lipinski definition) is 6. The van der Waals surface area contributed by atoms with Crippen LogP contribution in [-0.4, -0.2) is 63.9 Å². The maximum atomic E-state index is 5.92. The second kappa shape index (κ2) is 23.6. The minimum Gasteiger partial charge on any atom is -1.00 e. The normalized spacial score (nSPS) is 21.1. The SMILES string of the molecule is CC1=C([Si](C)(C)C2=C(C)C=C3COC=C32)C2=COCC2=C1.CC1=C([Si](C)(C)C2=C(C)C=C3OCC=C32)C2=CCOC2=C1.CC1=CC2=CCOC2=C1[Si](C)(C)C1=C2OCC=C2C=C1C.[Cl-].[Cl-].[Cl-].[Cl-].[Zr+4].[Zr+4].[Zr+4]. The molecule has 0 unspecified atom stereocenters. The third-order valence-electron chi connectivity index (χ3n) is 14.6. The Labute approximate surface area is 501 Å². The Bertz CT molecular complexity index is 2550. The topological polar surface area (TPSA) is 55.4 Å². The molecule has 0 aromatic carbocycles. The van der Waals surface area contributed by atoms with E-state index in [2.05, 4.69) is 142 Å². The third-order valence-corrected chi connectivity index (χ3v) is 26.0. The third kappa shape index (κ3) is 10.3. The second-order valence-electron chi connectivity index (χ2n) is 20.0. The minimum absolute atomic E-state index is 0. The Morgan fingerprint density at radius 1 is 0.371 bits per heavy atom. The number of halogens is 4. The summed E-state index contributed by atoms with van der Waals surface area (Å²) in [5.41, 5.74) is 19.0. The summed E-state index contributed by atoms with van der Waals surface area (Å²) in [4.78, 5) is 0. The fourth-order valence-corrected chi connectivity index (χ4v) is 24.9. The summed E-state index contributed by atoms with van der Waals surface area (Å²) in [5.74, 6) is 4.40. The molecule has 0 saturated carbocycles. The van der Waals surface area contributed by atoms with Gasteiger partial charge >= 0.3 is 78.6 Å². The van der Waals surface area contributed by atoms with Gasteiger partial charge in [0, 0.05) is 33.4 Å². The van der Waals surface area contributed by atoms with Crippen LogP contribution in [0.2, 0.25) is 39.3 Å². The van der Waals surface area contributed by atoms with E-state index >= 15 is 0 Å². The molecule has 0 spiro atoms. The van der Waals surface area contributed by atoms with Gasteiger partial charge in [0.1, 0.15) is 86.9 Å². The van der Waals surface area contributed by atoms with Crippen LogP contribution in [0.25, 0.3) is 0 Å². The van der Waals surface area contributed by atoms with Gasteiger partial charge < -0.3 is 78.0 Å². The van der Waals surface area contributed by atoms with Crippen LogP contribution >= 0.6 is 0 Å². The molecule has 12 aliphatic rings. The largest absolute Gasteiger partial charge is 4.00 e. The van der Waals surface area contributed by atoms with Crippen molar-refractivity contribution in [1.82, 2.24) is 0 Å². The van der Waals surface area contributed by atoms with E-state index in [1.165, 1.54) is 109 Å². The molecule has 356 valence electrons. The van der Waals surface area contributed by atoms with Crippen molar-refractivity contribution >= 4 is 24.2 Å². The molecule has 70 heavy (non-hydrogen) atoms. The summed E-state index contributed by atoms with van der Waals surface area (Å²) in [6.45, 7) is 32.3. The van der Waals surface area contributed by atoms with E-state index in [9.17, 15) is 0 Å². The Kier molecular flexibility index (Phi) is 21.2. The van der Waals surface area contributed by atoms with Crippen LogP contribution in [0.3, 0.4) is 0 Å². The summed E-state index contributed by atoms with van der Waals surface area (Å²) < 4.78 is 34.4. The Hall–Kier alpha value is -1.42. The summed E-state index contributed by atoms with van der Waals surface area (Å²) in [7, 11) is -5.40. The van der Waals surface area contributed by atoms with Crippen molar-refractivity contribution < 1.29 is 157 Å². The number of fused-ring (bicyclic) bond motifs is 6. The van der Waals surface area contributed by atoms with Crippen LogP contribution in [0.4, 0.5) is 0 Å². The average Bonchev–Trinajstić information content (AvgIpc) is 3.98. The van der Waals surface area contributed by atoms with E-state index in [1.54, 1.807) is 0 Å². The molecule has 0 fully saturated rings. The Morgan fingerprint density at radius 2 is 0.686 bits per heavy atom. The first-order chi connectivity index (χ1) is 30.0. The summed E-state index contributed by atoms with van der Waals surface area (Å²) >= 11 is 0. The summed E-state index contributed by atoms with van der Waals surface area (Å²) in [5, 5.41) is 9.02. The van der Waals surface area contributed by atoms with Gasteiger partial charge in [0.2, 0.25) is 0 Å². The van der Waals surface area contributed by atoms with Gasteiger partial charge in [-0.3, -0.25) is 0 Å². The van der Waals surface area contributed by atoms with E-state index in [0.717, 1.165) is 49.5 Å². The monoisotopic (exact) mass is 1300 g/mol. The molecule has 0 radical (unpaired) electrons. The van der Waals surface area contributed by atoms with Gasteiger partial charge in [0.25, 0.3) is 0 Å². The number of allylic oxidation sites excluding steroid dienone is 18. The summed E-state index contributed by atoms with van der Waals surface area (Å²) in [6.07, 6.45) is 26.4. The summed E-state index contributed by atoms with van der Waals surface area (Å²) in [6, 6.07) is 0. The average molecular weight is 1300 g/mol. The maximum absolute atomic E-state index is 5.92. The van der Waals surface area contributed by atoms with Gasteiger partial charge in [-0.1, -0.05) is 62.6 Å². The van der Waals surface area contributed by atoms with E-state index in [-0.39, 0.29) is 128 Å². The molecular weight excluding hydrogens is 1240 g/mol. The zero-order chi connectivity index (χ0) is 44.3. The smallest absolute Gasteiger partial charge is 1.00 e. The molecule has 0 aromatic rings. The van der Waals surface area contributed by atoms with E-state index in [4.69, 9.17) is 28.4 Å². The van der Waals surface area contributed by atoms with Crippen LogP contribution < -0.4 is 49.6 Å². The van der Waals surface area contributed by atoms with Crippen molar-refractivity contribution in [2.45, 2.75) is 80.8 Å². The molecule has 12 rings (SSSR count). The van der Waals surface area contributed by atoms with E-state index in [0.29, 0.717) is 13.2 Å². The number of ether oxygens (including phenoxy) is 6. The molecule has 6 aliphatic carbocycles. The molecule has 0 bridgehead atoms. The molecule has 16 heteroatoms. The molecular formula is C54H60Cl4O6Si3Zr3+8. The molecule has 0 N–H and O–H groups in total. The van der Waals surface area contributed by atoms with Crippen molar-refractivity contribution in [3.05, 3.63) is 206 Å². The van der Waals surface area contributed by atoms with Crippen LogP contribution in [0.1, 0.15) is 41.5 Å². The predicted molar refractivity (Wildman–Crippen MR) is 261 cm³/mol. The van der Waals surface area contributed by atoms with Crippen molar-refractivity contribution in [1.29, 1.82) is 0 Å². The molecule has 0 amide bonds. The van der Waals surface area contributed by atoms with Gasteiger partial charge in [-0.15, -0.1) is 0 Å².